The molecule has 1 aliphatic rings. The highest BCUT2D eigenvalue weighted by Gasteiger charge is 2.16. The summed E-state index contributed by atoms with van der Waals surface area (Å²) in [7, 11) is 0. The molecule has 0 aromatic heterocycles. The van der Waals surface area contributed by atoms with Crippen LogP contribution in [0.4, 0.5) is 0 Å². The number of hydrogen-bond acceptors (Lipinski definition) is 0. The smallest absolute Gasteiger partial charge is 0.0270 e. The standard InChI is InChI=1S/C13H18/c1-4-11-8-9(2)12-6-5-7-13(12)10(11)3/h8H,4-7H2,1-3H3. The zero-order valence-corrected chi connectivity index (χ0v) is 8.91. The minimum atomic E-state index is 1.18. The molecule has 0 spiro atoms. The van der Waals surface area contributed by atoms with Gasteiger partial charge in [-0.05, 0) is 67.3 Å². The Morgan fingerprint density at radius 2 is 1.85 bits per heavy atom. The van der Waals surface area contributed by atoms with Gasteiger partial charge in [0.25, 0.3) is 0 Å². The summed E-state index contributed by atoms with van der Waals surface area (Å²) >= 11 is 0. The summed E-state index contributed by atoms with van der Waals surface area (Å²) in [5.74, 6) is 0. The van der Waals surface area contributed by atoms with Crippen molar-refractivity contribution in [1.29, 1.82) is 0 Å². The van der Waals surface area contributed by atoms with Crippen molar-refractivity contribution in [2.24, 2.45) is 0 Å². The molecule has 0 unspecified atom stereocenters. The maximum Gasteiger partial charge on any atom is -0.0270 e. The van der Waals surface area contributed by atoms with Gasteiger partial charge in [0.05, 0.1) is 0 Å². The summed E-state index contributed by atoms with van der Waals surface area (Å²) in [6.07, 6.45) is 5.17. The predicted octanol–water partition coefficient (Wildman–Crippen LogP) is 3.35. The fourth-order valence-electron chi connectivity index (χ4n) is 2.61. The Kier molecular flexibility index (Phi) is 2.15. The quantitative estimate of drug-likeness (QED) is 0.612. The van der Waals surface area contributed by atoms with E-state index in [1.807, 2.05) is 0 Å². The molecule has 0 aliphatic heterocycles. The lowest BCUT2D eigenvalue weighted by atomic mass is 9.93. The average molecular weight is 174 g/mol. The molecule has 0 bridgehead atoms. The lowest BCUT2D eigenvalue weighted by molar-refractivity contribution is 0.906. The number of fused-ring (bicyclic) bond motifs is 1. The average Bonchev–Trinajstić information content (AvgIpc) is 2.60. The molecule has 0 saturated carbocycles. The molecule has 1 aromatic carbocycles. The monoisotopic (exact) mass is 174 g/mol. The van der Waals surface area contributed by atoms with Gasteiger partial charge in [0.2, 0.25) is 0 Å². The molecular weight excluding hydrogens is 156 g/mol. The molecule has 1 aliphatic carbocycles. The topological polar surface area (TPSA) is 0 Å². The van der Waals surface area contributed by atoms with E-state index < -0.39 is 0 Å². The first-order valence-corrected chi connectivity index (χ1v) is 5.35. The normalized spacial score (nSPS) is 14.7. The highest BCUT2D eigenvalue weighted by molar-refractivity contribution is 5.47. The summed E-state index contributed by atoms with van der Waals surface area (Å²) < 4.78 is 0. The Labute approximate surface area is 81.0 Å². The summed E-state index contributed by atoms with van der Waals surface area (Å²) in [6.45, 7) is 6.81. The molecular formula is C13H18. The third-order valence-corrected chi connectivity index (χ3v) is 3.40. The predicted molar refractivity (Wildman–Crippen MR) is 57.3 cm³/mol. The molecule has 13 heavy (non-hydrogen) atoms. The second kappa shape index (κ2) is 3.17. The Balaban J connectivity index is 2.62. The molecule has 0 saturated heterocycles. The van der Waals surface area contributed by atoms with Crippen LogP contribution in [-0.4, -0.2) is 0 Å². The van der Waals surface area contributed by atoms with Crippen LogP contribution >= 0.6 is 0 Å². The van der Waals surface area contributed by atoms with E-state index in [0.29, 0.717) is 0 Å². The van der Waals surface area contributed by atoms with Gasteiger partial charge in [-0.25, -0.2) is 0 Å². The first-order valence-electron chi connectivity index (χ1n) is 5.35. The van der Waals surface area contributed by atoms with Crippen molar-refractivity contribution in [2.75, 3.05) is 0 Å². The van der Waals surface area contributed by atoms with Crippen molar-refractivity contribution >= 4 is 0 Å². The Morgan fingerprint density at radius 3 is 2.54 bits per heavy atom. The minimum Gasteiger partial charge on any atom is -0.0613 e. The van der Waals surface area contributed by atoms with Gasteiger partial charge in [-0.1, -0.05) is 13.0 Å². The van der Waals surface area contributed by atoms with Crippen LogP contribution in [0.3, 0.4) is 0 Å². The molecule has 0 heterocycles. The van der Waals surface area contributed by atoms with Crippen molar-refractivity contribution in [3.8, 4) is 0 Å². The molecule has 0 N–H and O–H groups in total. The lowest BCUT2D eigenvalue weighted by Crippen LogP contribution is -1.97. The van der Waals surface area contributed by atoms with E-state index in [4.69, 9.17) is 0 Å². The highest BCUT2D eigenvalue weighted by atomic mass is 14.2. The Morgan fingerprint density at radius 1 is 1.15 bits per heavy atom. The summed E-state index contributed by atoms with van der Waals surface area (Å²) in [5.41, 5.74) is 7.96. The third kappa shape index (κ3) is 1.29. The molecule has 70 valence electrons. The van der Waals surface area contributed by atoms with Gasteiger partial charge >= 0.3 is 0 Å². The Hall–Kier alpha value is -0.780. The zero-order chi connectivity index (χ0) is 9.42. The van der Waals surface area contributed by atoms with Crippen LogP contribution in [0, 0.1) is 13.8 Å². The fourth-order valence-corrected chi connectivity index (χ4v) is 2.61. The summed E-state index contributed by atoms with van der Waals surface area (Å²) in [5, 5.41) is 0. The van der Waals surface area contributed by atoms with Crippen molar-refractivity contribution in [3.05, 3.63) is 33.9 Å². The molecule has 0 atom stereocenters. The fraction of sp³-hybridized carbons (Fsp3) is 0.538. The SMILES string of the molecule is CCc1cc(C)c2c(c1C)CCC2. The van der Waals surface area contributed by atoms with Crippen LogP contribution in [0.25, 0.3) is 0 Å². The molecule has 1 aromatic rings. The lowest BCUT2D eigenvalue weighted by Gasteiger charge is -2.12. The van der Waals surface area contributed by atoms with Crippen LogP contribution in [-0.2, 0) is 19.3 Å². The van der Waals surface area contributed by atoms with E-state index in [1.54, 1.807) is 22.3 Å². The van der Waals surface area contributed by atoms with Crippen LogP contribution in [0.5, 0.6) is 0 Å². The van der Waals surface area contributed by atoms with Gasteiger partial charge in [-0.2, -0.15) is 0 Å². The molecule has 0 nitrogen and oxygen atoms in total. The number of hydrogen-bond donors (Lipinski definition) is 0. The van der Waals surface area contributed by atoms with Crippen molar-refractivity contribution in [2.45, 2.75) is 46.5 Å². The van der Waals surface area contributed by atoms with E-state index >= 15 is 0 Å². The third-order valence-electron chi connectivity index (χ3n) is 3.40. The van der Waals surface area contributed by atoms with Gasteiger partial charge in [0.15, 0.2) is 0 Å². The first-order chi connectivity index (χ1) is 6.24. The van der Waals surface area contributed by atoms with Gasteiger partial charge in [-0.15, -0.1) is 0 Å². The molecule has 0 radical (unpaired) electrons. The minimum absolute atomic E-state index is 1.18. The zero-order valence-electron chi connectivity index (χ0n) is 8.91. The van der Waals surface area contributed by atoms with Crippen LogP contribution in [0.1, 0.15) is 41.2 Å². The largest absolute Gasteiger partial charge is 0.0613 e. The first kappa shape index (κ1) is 8.80. The maximum atomic E-state index is 2.39. The van der Waals surface area contributed by atoms with Gasteiger partial charge in [0.1, 0.15) is 0 Å². The Bertz CT molecular complexity index is 334. The summed E-state index contributed by atoms with van der Waals surface area (Å²) in [4.78, 5) is 0. The molecule has 0 heteroatoms. The van der Waals surface area contributed by atoms with Crippen molar-refractivity contribution in [1.82, 2.24) is 0 Å². The molecule has 2 rings (SSSR count). The van der Waals surface area contributed by atoms with Crippen molar-refractivity contribution < 1.29 is 0 Å². The van der Waals surface area contributed by atoms with Crippen LogP contribution in [0.2, 0.25) is 0 Å². The molecule has 0 amide bonds. The van der Waals surface area contributed by atoms with Crippen LogP contribution < -0.4 is 0 Å². The van der Waals surface area contributed by atoms with Crippen LogP contribution in [0.15, 0.2) is 6.07 Å². The second-order valence-electron chi connectivity index (χ2n) is 4.14. The molecule has 0 fully saturated rings. The number of rotatable bonds is 1. The van der Waals surface area contributed by atoms with E-state index in [2.05, 4.69) is 26.8 Å². The highest BCUT2D eigenvalue weighted by Crippen LogP contribution is 2.30. The van der Waals surface area contributed by atoms with E-state index in [-0.39, 0.29) is 0 Å². The van der Waals surface area contributed by atoms with E-state index in [9.17, 15) is 0 Å². The van der Waals surface area contributed by atoms with Gasteiger partial charge in [0, 0.05) is 0 Å². The maximum absolute atomic E-state index is 2.39. The van der Waals surface area contributed by atoms with Gasteiger partial charge in [-0.3, -0.25) is 0 Å². The summed E-state index contributed by atoms with van der Waals surface area (Å²) in [6, 6.07) is 2.39. The number of aryl methyl sites for hydroxylation is 2. The van der Waals surface area contributed by atoms with Gasteiger partial charge < -0.3 is 0 Å². The van der Waals surface area contributed by atoms with E-state index in [0.717, 1.165) is 0 Å². The van der Waals surface area contributed by atoms with Crippen molar-refractivity contribution in [3.63, 3.8) is 0 Å². The second-order valence-corrected chi connectivity index (χ2v) is 4.14. The van der Waals surface area contributed by atoms with E-state index in [1.165, 1.54) is 31.2 Å². The number of benzene rings is 1.